The van der Waals surface area contributed by atoms with Crippen LogP contribution in [0.15, 0.2) is 23.1 Å². The van der Waals surface area contributed by atoms with Gasteiger partial charge in [-0.25, -0.2) is 4.79 Å². The molecule has 1 amide bonds. The Balaban J connectivity index is 2.90. The quantitative estimate of drug-likeness (QED) is 0.469. The van der Waals surface area contributed by atoms with Gasteiger partial charge in [0.25, 0.3) is 5.69 Å². The Morgan fingerprint density at radius 1 is 1.50 bits per heavy atom. The molecule has 0 spiro atoms. The highest BCUT2D eigenvalue weighted by Crippen LogP contribution is 2.32. The number of carboxylic acids is 1. The molecule has 1 atom stereocenters. The van der Waals surface area contributed by atoms with E-state index in [1.807, 2.05) is 0 Å². The molecule has 1 aromatic rings. The Morgan fingerprint density at radius 2 is 2.15 bits per heavy atom. The molecule has 7 nitrogen and oxygen atoms in total. The van der Waals surface area contributed by atoms with Gasteiger partial charge in [-0.2, -0.15) is 0 Å². The van der Waals surface area contributed by atoms with Crippen LogP contribution >= 0.6 is 11.8 Å². The van der Waals surface area contributed by atoms with E-state index in [1.54, 1.807) is 19.1 Å². The molecule has 20 heavy (non-hydrogen) atoms. The summed E-state index contributed by atoms with van der Waals surface area (Å²) in [5, 5.41) is 22.2. The van der Waals surface area contributed by atoms with Crippen molar-refractivity contribution in [1.82, 2.24) is 5.32 Å². The fourth-order valence-corrected chi connectivity index (χ4v) is 2.70. The van der Waals surface area contributed by atoms with Gasteiger partial charge >= 0.3 is 5.97 Å². The molecule has 0 aliphatic heterocycles. The fourth-order valence-electron chi connectivity index (χ4n) is 1.56. The van der Waals surface area contributed by atoms with Crippen LogP contribution in [0.25, 0.3) is 0 Å². The van der Waals surface area contributed by atoms with E-state index in [0.29, 0.717) is 10.5 Å². The average Bonchev–Trinajstić information content (AvgIpc) is 2.34. The highest BCUT2D eigenvalue weighted by molar-refractivity contribution is 7.99. The molecule has 0 aliphatic carbocycles. The van der Waals surface area contributed by atoms with Crippen molar-refractivity contribution >= 4 is 29.3 Å². The third-order valence-electron chi connectivity index (χ3n) is 2.46. The Labute approximate surface area is 119 Å². The molecule has 0 radical (unpaired) electrons. The zero-order chi connectivity index (χ0) is 15.3. The molecule has 1 aromatic carbocycles. The number of benzene rings is 1. The van der Waals surface area contributed by atoms with E-state index >= 15 is 0 Å². The van der Waals surface area contributed by atoms with E-state index in [2.05, 4.69) is 5.32 Å². The number of nitro groups is 1. The zero-order valence-corrected chi connectivity index (χ0v) is 11.8. The number of nitrogens with one attached hydrogen (secondary N) is 1. The van der Waals surface area contributed by atoms with Crippen LogP contribution in [0.1, 0.15) is 12.5 Å². The second-order valence-corrected chi connectivity index (χ2v) is 5.11. The summed E-state index contributed by atoms with van der Waals surface area (Å²) in [6.07, 6.45) is 0. The average molecular weight is 298 g/mol. The Morgan fingerprint density at radius 3 is 2.65 bits per heavy atom. The number of carbonyl (C=O) groups is 2. The number of carboxylic acid groups (broad SMARTS) is 1. The number of hydrogen-bond donors (Lipinski definition) is 2. The lowest BCUT2D eigenvalue weighted by molar-refractivity contribution is -0.387. The number of carbonyl (C=O) groups excluding carboxylic acids is 1. The molecule has 0 aliphatic rings. The van der Waals surface area contributed by atoms with Crippen LogP contribution in [0, 0.1) is 17.0 Å². The number of nitro benzene ring substituents is 1. The summed E-state index contributed by atoms with van der Waals surface area (Å²) in [4.78, 5) is 32.8. The second kappa shape index (κ2) is 6.90. The smallest absolute Gasteiger partial charge is 0.327 e. The van der Waals surface area contributed by atoms with Gasteiger partial charge in [-0.15, -0.1) is 11.8 Å². The number of amides is 1. The summed E-state index contributed by atoms with van der Waals surface area (Å²) in [5.41, 5.74) is 0.623. The lowest BCUT2D eigenvalue weighted by Gasteiger charge is -2.13. The number of nitrogens with zero attached hydrogens (tertiary/aromatic N) is 1. The van der Waals surface area contributed by atoms with Crippen LogP contribution in [0.2, 0.25) is 0 Å². The molecule has 0 saturated heterocycles. The standard InChI is InChI=1S/C12H14N2O5S/c1-7-4-3-5-10(14(18)19)11(7)20-6-9(12(16)17)13-8(2)15/h3-5,9H,6H2,1-2H3,(H,13,15)(H,16,17). The van der Waals surface area contributed by atoms with Gasteiger partial charge in [-0.05, 0) is 12.5 Å². The van der Waals surface area contributed by atoms with Crippen molar-refractivity contribution in [2.75, 3.05) is 5.75 Å². The van der Waals surface area contributed by atoms with Crippen LogP contribution in [0.3, 0.4) is 0 Å². The van der Waals surface area contributed by atoms with Gasteiger partial charge in [0.1, 0.15) is 6.04 Å². The molecule has 0 fully saturated rings. The molecular formula is C12H14N2O5S. The molecule has 0 heterocycles. The van der Waals surface area contributed by atoms with E-state index in [0.717, 1.165) is 11.8 Å². The maximum atomic E-state index is 11.0. The van der Waals surface area contributed by atoms with Gasteiger partial charge in [0.15, 0.2) is 0 Å². The monoisotopic (exact) mass is 298 g/mol. The molecule has 1 rings (SSSR count). The number of rotatable bonds is 6. The van der Waals surface area contributed by atoms with Gasteiger partial charge in [-0.3, -0.25) is 14.9 Å². The van der Waals surface area contributed by atoms with Gasteiger partial charge in [0.05, 0.1) is 9.82 Å². The van der Waals surface area contributed by atoms with Crippen molar-refractivity contribution in [1.29, 1.82) is 0 Å². The largest absolute Gasteiger partial charge is 0.480 e. The lowest BCUT2D eigenvalue weighted by Crippen LogP contribution is -2.41. The van der Waals surface area contributed by atoms with Crippen molar-refractivity contribution in [2.45, 2.75) is 24.8 Å². The minimum atomic E-state index is -1.18. The van der Waals surface area contributed by atoms with Crippen LogP contribution in [0.4, 0.5) is 5.69 Å². The van der Waals surface area contributed by atoms with Gasteiger partial charge < -0.3 is 10.4 Å². The third-order valence-corrected chi connectivity index (χ3v) is 3.78. The number of aryl methyl sites for hydroxylation is 1. The predicted molar refractivity (Wildman–Crippen MR) is 73.8 cm³/mol. The first-order chi connectivity index (χ1) is 9.32. The van der Waals surface area contributed by atoms with E-state index in [4.69, 9.17) is 5.11 Å². The minimum Gasteiger partial charge on any atom is -0.480 e. The first-order valence-corrected chi connectivity index (χ1v) is 6.68. The van der Waals surface area contributed by atoms with E-state index in [9.17, 15) is 19.7 Å². The molecule has 0 aromatic heterocycles. The SMILES string of the molecule is CC(=O)NC(CSc1c(C)cccc1[N+](=O)[O-])C(=O)O. The van der Waals surface area contributed by atoms with Crippen molar-refractivity contribution in [3.05, 3.63) is 33.9 Å². The van der Waals surface area contributed by atoms with Gasteiger partial charge in [0, 0.05) is 18.7 Å². The van der Waals surface area contributed by atoms with Crippen LogP contribution < -0.4 is 5.32 Å². The molecule has 108 valence electrons. The van der Waals surface area contributed by atoms with Gasteiger partial charge in [-0.1, -0.05) is 12.1 Å². The van der Waals surface area contributed by atoms with Crippen molar-refractivity contribution in [2.24, 2.45) is 0 Å². The number of thioether (sulfide) groups is 1. The van der Waals surface area contributed by atoms with Crippen LogP contribution in [-0.4, -0.2) is 33.7 Å². The van der Waals surface area contributed by atoms with Crippen molar-refractivity contribution < 1.29 is 19.6 Å². The summed E-state index contributed by atoms with van der Waals surface area (Å²) in [6, 6.07) is 3.56. The summed E-state index contributed by atoms with van der Waals surface area (Å²) < 4.78 is 0. The molecule has 2 N–H and O–H groups in total. The van der Waals surface area contributed by atoms with Crippen molar-refractivity contribution in [3.63, 3.8) is 0 Å². The molecule has 0 saturated carbocycles. The molecule has 8 heteroatoms. The normalized spacial score (nSPS) is 11.7. The second-order valence-electron chi connectivity index (χ2n) is 4.08. The Bertz CT molecular complexity index is 547. The molecular weight excluding hydrogens is 284 g/mol. The fraction of sp³-hybridized carbons (Fsp3) is 0.333. The summed E-state index contributed by atoms with van der Waals surface area (Å²) >= 11 is 1.04. The summed E-state index contributed by atoms with van der Waals surface area (Å²) in [6.45, 7) is 2.93. The Kier molecular flexibility index (Phi) is 5.51. The van der Waals surface area contributed by atoms with Gasteiger partial charge in [0.2, 0.25) is 5.91 Å². The Hall–Kier alpha value is -2.09. The molecule has 0 bridgehead atoms. The topological polar surface area (TPSA) is 110 Å². The number of aliphatic carboxylic acids is 1. The first-order valence-electron chi connectivity index (χ1n) is 5.69. The third kappa shape index (κ3) is 4.23. The lowest BCUT2D eigenvalue weighted by atomic mass is 10.2. The van der Waals surface area contributed by atoms with E-state index in [-0.39, 0.29) is 11.4 Å². The maximum Gasteiger partial charge on any atom is 0.327 e. The highest BCUT2D eigenvalue weighted by Gasteiger charge is 2.22. The van der Waals surface area contributed by atoms with Crippen LogP contribution in [0.5, 0.6) is 0 Å². The minimum absolute atomic E-state index is 0.0145. The van der Waals surface area contributed by atoms with Crippen LogP contribution in [-0.2, 0) is 9.59 Å². The number of hydrogen-bond acceptors (Lipinski definition) is 5. The van der Waals surface area contributed by atoms with E-state index < -0.39 is 22.8 Å². The highest BCUT2D eigenvalue weighted by atomic mass is 32.2. The summed E-state index contributed by atoms with van der Waals surface area (Å²) in [5.74, 6) is -1.62. The predicted octanol–water partition coefficient (Wildman–Crippen LogP) is 1.58. The van der Waals surface area contributed by atoms with E-state index in [1.165, 1.54) is 13.0 Å². The van der Waals surface area contributed by atoms with Crippen molar-refractivity contribution in [3.8, 4) is 0 Å². The maximum absolute atomic E-state index is 11.0. The first kappa shape index (κ1) is 16.0. The molecule has 1 unspecified atom stereocenters. The zero-order valence-electron chi connectivity index (χ0n) is 11.0. The summed E-state index contributed by atoms with van der Waals surface area (Å²) in [7, 11) is 0.